The van der Waals surface area contributed by atoms with Crippen LogP contribution in [0.15, 0.2) is 54.6 Å². The Hall–Kier alpha value is -2.82. The summed E-state index contributed by atoms with van der Waals surface area (Å²) in [6.07, 6.45) is 3.71. The van der Waals surface area contributed by atoms with E-state index in [-0.39, 0.29) is 5.91 Å². The van der Waals surface area contributed by atoms with Gasteiger partial charge < -0.3 is 16.4 Å². The number of hydrogen-bond donors (Lipinski definition) is 3. The molecule has 0 aliphatic heterocycles. The number of benzene rings is 2. The average Bonchev–Trinajstić information content (AvgIpc) is 2.61. The van der Waals surface area contributed by atoms with Crippen LogP contribution in [-0.2, 0) is 17.6 Å². The Bertz CT molecular complexity index is 684. The molecule has 5 heteroatoms. The van der Waals surface area contributed by atoms with Crippen LogP contribution in [0.5, 0.6) is 0 Å². The SMILES string of the molecule is CCCCc1ccc(NC(=O)C(Cc2ccccc2)NC(N)=O)cc1. The van der Waals surface area contributed by atoms with Crippen LogP contribution in [0.2, 0.25) is 0 Å². The lowest BCUT2D eigenvalue weighted by Gasteiger charge is -2.17. The van der Waals surface area contributed by atoms with Crippen molar-refractivity contribution in [3.63, 3.8) is 0 Å². The lowest BCUT2D eigenvalue weighted by atomic mass is 10.0. The molecule has 1 atom stereocenters. The number of unbranched alkanes of at least 4 members (excludes halogenated alkanes) is 1. The van der Waals surface area contributed by atoms with Gasteiger partial charge in [0.05, 0.1) is 0 Å². The van der Waals surface area contributed by atoms with E-state index in [2.05, 4.69) is 17.6 Å². The van der Waals surface area contributed by atoms with E-state index >= 15 is 0 Å². The zero-order chi connectivity index (χ0) is 18.1. The summed E-state index contributed by atoms with van der Waals surface area (Å²) in [5, 5.41) is 5.36. The first-order valence-corrected chi connectivity index (χ1v) is 8.58. The smallest absolute Gasteiger partial charge is 0.312 e. The van der Waals surface area contributed by atoms with Crippen LogP contribution in [0.3, 0.4) is 0 Å². The molecule has 0 aliphatic carbocycles. The minimum atomic E-state index is -0.723. The molecule has 2 aromatic rings. The highest BCUT2D eigenvalue weighted by molar-refractivity contribution is 5.97. The number of nitrogens with two attached hydrogens (primary N) is 1. The standard InChI is InChI=1S/C20H25N3O2/c1-2-3-7-15-10-12-17(13-11-15)22-19(24)18(23-20(21)25)14-16-8-5-4-6-9-16/h4-6,8-13,18H,2-3,7,14H2,1H3,(H,22,24)(H3,21,23,25). The molecule has 1 unspecified atom stereocenters. The van der Waals surface area contributed by atoms with Crippen LogP contribution in [0.1, 0.15) is 30.9 Å². The summed E-state index contributed by atoms with van der Waals surface area (Å²) < 4.78 is 0. The van der Waals surface area contributed by atoms with Crippen LogP contribution in [-0.4, -0.2) is 18.0 Å². The highest BCUT2D eigenvalue weighted by atomic mass is 16.2. The zero-order valence-corrected chi connectivity index (χ0v) is 14.5. The Kier molecular flexibility index (Phi) is 7.01. The van der Waals surface area contributed by atoms with Gasteiger partial charge in [0.25, 0.3) is 0 Å². The van der Waals surface area contributed by atoms with Crippen LogP contribution >= 0.6 is 0 Å². The molecular weight excluding hydrogens is 314 g/mol. The molecule has 0 bridgehead atoms. The van der Waals surface area contributed by atoms with Crippen molar-refractivity contribution in [2.24, 2.45) is 5.73 Å². The topological polar surface area (TPSA) is 84.2 Å². The number of nitrogens with one attached hydrogen (secondary N) is 2. The van der Waals surface area contributed by atoms with Crippen molar-refractivity contribution in [2.75, 3.05) is 5.32 Å². The Balaban J connectivity index is 2.02. The van der Waals surface area contributed by atoms with Gasteiger partial charge in [-0.2, -0.15) is 0 Å². The number of anilines is 1. The number of carbonyl (C=O) groups is 2. The average molecular weight is 339 g/mol. The van der Waals surface area contributed by atoms with Crippen molar-refractivity contribution in [3.05, 3.63) is 65.7 Å². The summed E-state index contributed by atoms with van der Waals surface area (Å²) in [4.78, 5) is 23.8. The maximum Gasteiger partial charge on any atom is 0.312 e. The summed E-state index contributed by atoms with van der Waals surface area (Å²) >= 11 is 0. The van der Waals surface area contributed by atoms with Gasteiger partial charge in [-0.15, -0.1) is 0 Å². The number of amides is 3. The highest BCUT2D eigenvalue weighted by Crippen LogP contribution is 2.13. The Morgan fingerprint density at radius 1 is 1.00 bits per heavy atom. The molecular formula is C20H25N3O2. The number of carbonyl (C=O) groups excluding carboxylic acids is 2. The normalized spacial score (nSPS) is 11.6. The molecule has 3 amide bonds. The van der Waals surface area contributed by atoms with E-state index < -0.39 is 12.1 Å². The van der Waals surface area contributed by atoms with E-state index in [9.17, 15) is 9.59 Å². The molecule has 0 aromatic heterocycles. The van der Waals surface area contributed by atoms with Gasteiger partial charge in [0, 0.05) is 12.1 Å². The van der Waals surface area contributed by atoms with E-state index in [0.29, 0.717) is 12.1 Å². The zero-order valence-electron chi connectivity index (χ0n) is 14.5. The van der Waals surface area contributed by atoms with E-state index in [1.165, 1.54) is 5.56 Å². The molecule has 4 N–H and O–H groups in total. The Morgan fingerprint density at radius 3 is 2.28 bits per heavy atom. The fraction of sp³-hybridized carbons (Fsp3) is 0.300. The van der Waals surface area contributed by atoms with Gasteiger partial charge in [-0.05, 0) is 36.1 Å². The molecule has 0 radical (unpaired) electrons. The summed E-state index contributed by atoms with van der Waals surface area (Å²) in [5.74, 6) is -0.288. The quantitative estimate of drug-likeness (QED) is 0.690. The molecule has 132 valence electrons. The predicted octanol–water partition coefficient (Wildman–Crippen LogP) is 3.25. The van der Waals surface area contributed by atoms with Crippen molar-refractivity contribution in [2.45, 2.75) is 38.6 Å². The van der Waals surface area contributed by atoms with Crippen LogP contribution in [0, 0.1) is 0 Å². The van der Waals surface area contributed by atoms with E-state index in [1.54, 1.807) is 0 Å². The Morgan fingerprint density at radius 2 is 1.68 bits per heavy atom. The van der Waals surface area contributed by atoms with Crippen LogP contribution in [0.25, 0.3) is 0 Å². The number of aryl methyl sites for hydroxylation is 1. The molecule has 0 aliphatic rings. The first-order valence-electron chi connectivity index (χ1n) is 8.58. The summed E-state index contributed by atoms with van der Waals surface area (Å²) in [6, 6.07) is 15.9. The van der Waals surface area contributed by atoms with Crippen LogP contribution < -0.4 is 16.4 Å². The molecule has 2 aromatic carbocycles. The van der Waals surface area contributed by atoms with Crippen molar-refractivity contribution >= 4 is 17.6 Å². The molecule has 2 rings (SSSR count). The van der Waals surface area contributed by atoms with Gasteiger partial charge in [0.1, 0.15) is 6.04 Å². The third-order valence-corrected chi connectivity index (χ3v) is 3.96. The van der Waals surface area contributed by atoms with Gasteiger partial charge >= 0.3 is 6.03 Å². The van der Waals surface area contributed by atoms with Gasteiger partial charge in [0.2, 0.25) is 5.91 Å². The largest absolute Gasteiger partial charge is 0.352 e. The molecule has 0 saturated carbocycles. The van der Waals surface area contributed by atoms with Crippen LogP contribution in [0.4, 0.5) is 10.5 Å². The van der Waals surface area contributed by atoms with Gasteiger partial charge in [-0.25, -0.2) is 4.79 Å². The first kappa shape index (κ1) is 18.5. The third kappa shape index (κ3) is 6.30. The number of rotatable bonds is 8. The minimum absolute atomic E-state index is 0.288. The summed E-state index contributed by atoms with van der Waals surface area (Å²) in [7, 11) is 0. The number of hydrogen-bond acceptors (Lipinski definition) is 2. The van der Waals surface area contributed by atoms with E-state index in [4.69, 9.17) is 5.73 Å². The molecule has 0 saturated heterocycles. The number of urea groups is 1. The van der Waals surface area contributed by atoms with E-state index in [0.717, 1.165) is 24.8 Å². The maximum atomic E-state index is 12.5. The Labute approximate surface area is 148 Å². The lowest BCUT2D eigenvalue weighted by molar-refractivity contribution is -0.117. The summed E-state index contributed by atoms with van der Waals surface area (Å²) in [5.41, 5.74) is 8.11. The van der Waals surface area contributed by atoms with E-state index in [1.807, 2.05) is 54.6 Å². The number of primary amides is 1. The second-order valence-electron chi connectivity index (χ2n) is 6.04. The van der Waals surface area contributed by atoms with Crippen molar-refractivity contribution < 1.29 is 9.59 Å². The second-order valence-corrected chi connectivity index (χ2v) is 6.04. The molecule has 0 heterocycles. The van der Waals surface area contributed by atoms with Crippen molar-refractivity contribution in [1.29, 1.82) is 0 Å². The monoisotopic (exact) mass is 339 g/mol. The molecule has 25 heavy (non-hydrogen) atoms. The van der Waals surface area contributed by atoms with Crippen molar-refractivity contribution in [1.82, 2.24) is 5.32 Å². The van der Waals surface area contributed by atoms with Gasteiger partial charge in [0.15, 0.2) is 0 Å². The predicted molar refractivity (Wildman–Crippen MR) is 100 cm³/mol. The second kappa shape index (κ2) is 9.47. The fourth-order valence-electron chi connectivity index (χ4n) is 2.60. The maximum absolute atomic E-state index is 12.5. The highest BCUT2D eigenvalue weighted by Gasteiger charge is 2.20. The molecule has 5 nitrogen and oxygen atoms in total. The fourth-order valence-corrected chi connectivity index (χ4v) is 2.60. The lowest BCUT2D eigenvalue weighted by Crippen LogP contribution is -2.47. The van der Waals surface area contributed by atoms with Gasteiger partial charge in [-0.3, -0.25) is 4.79 Å². The van der Waals surface area contributed by atoms with Gasteiger partial charge in [-0.1, -0.05) is 55.8 Å². The first-order chi connectivity index (χ1) is 12.1. The third-order valence-electron chi connectivity index (χ3n) is 3.96. The minimum Gasteiger partial charge on any atom is -0.352 e. The van der Waals surface area contributed by atoms with Crippen molar-refractivity contribution in [3.8, 4) is 0 Å². The summed E-state index contributed by atoms with van der Waals surface area (Å²) in [6.45, 7) is 2.16. The molecule has 0 fully saturated rings. The molecule has 0 spiro atoms.